The molecule has 0 radical (unpaired) electrons. The van der Waals surface area contributed by atoms with Crippen LogP contribution in [-0.2, 0) is 4.74 Å². The summed E-state index contributed by atoms with van der Waals surface area (Å²) >= 11 is 1.18. The average Bonchev–Trinajstić information content (AvgIpc) is 2.83. The fraction of sp³-hybridized carbons (Fsp3) is 0.556. The van der Waals surface area contributed by atoms with Crippen LogP contribution in [0.1, 0.15) is 28.0 Å². The molecular weight excluding hydrogens is 234 g/mol. The van der Waals surface area contributed by atoms with Gasteiger partial charge in [0.15, 0.2) is 5.69 Å². The molecule has 0 bridgehead atoms. The van der Waals surface area contributed by atoms with Crippen LogP contribution in [0.4, 0.5) is 0 Å². The molecule has 1 aromatic rings. The minimum absolute atomic E-state index is 0.0226. The summed E-state index contributed by atoms with van der Waals surface area (Å²) in [6.07, 6.45) is -1.43. The Morgan fingerprint density at radius 3 is 2.94 bits per heavy atom. The molecule has 0 aromatic carbocycles. The second kappa shape index (κ2) is 4.46. The molecule has 0 amide bonds. The van der Waals surface area contributed by atoms with E-state index in [4.69, 9.17) is 14.9 Å². The van der Waals surface area contributed by atoms with E-state index >= 15 is 0 Å². The number of thiazole rings is 1. The third kappa shape index (κ3) is 2.07. The maximum absolute atomic E-state index is 10.6. The van der Waals surface area contributed by atoms with Crippen molar-refractivity contribution in [1.82, 2.24) is 4.98 Å². The van der Waals surface area contributed by atoms with Crippen LogP contribution < -0.4 is 0 Å². The zero-order valence-corrected chi connectivity index (χ0v) is 9.05. The third-order valence-electron chi connectivity index (χ3n) is 2.42. The van der Waals surface area contributed by atoms with E-state index in [-0.39, 0.29) is 12.3 Å². The molecule has 0 spiro atoms. The topological polar surface area (TPSA) is 99.9 Å². The molecule has 2 rings (SSSR count). The first-order valence-electron chi connectivity index (χ1n) is 4.75. The van der Waals surface area contributed by atoms with Gasteiger partial charge in [-0.05, 0) is 0 Å². The fourth-order valence-corrected chi connectivity index (χ4v) is 2.43. The largest absolute Gasteiger partial charge is 0.476 e. The predicted octanol–water partition coefficient (Wildman–Crippen LogP) is 0.0245. The Balaban J connectivity index is 2.11. The van der Waals surface area contributed by atoms with E-state index < -0.39 is 24.3 Å². The van der Waals surface area contributed by atoms with Crippen molar-refractivity contribution in [3.63, 3.8) is 0 Å². The van der Waals surface area contributed by atoms with Gasteiger partial charge in [-0.3, -0.25) is 0 Å². The van der Waals surface area contributed by atoms with E-state index in [2.05, 4.69) is 4.98 Å². The van der Waals surface area contributed by atoms with Gasteiger partial charge >= 0.3 is 5.97 Å². The lowest BCUT2D eigenvalue weighted by Gasteiger charge is -2.09. The summed E-state index contributed by atoms with van der Waals surface area (Å²) in [4.78, 5) is 14.5. The van der Waals surface area contributed by atoms with Crippen LogP contribution in [0.5, 0.6) is 0 Å². The number of ether oxygens (including phenoxy) is 1. The first-order chi connectivity index (χ1) is 7.61. The molecule has 1 aromatic heterocycles. The summed E-state index contributed by atoms with van der Waals surface area (Å²) in [5.74, 6) is -1.08. The highest BCUT2D eigenvalue weighted by Gasteiger charge is 2.35. The van der Waals surface area contributed by atoms with Crippen LogP contribution in [0.15, 0.2) is 5.38 Å². The van der Waals surface area contributed by atoms with Gasteiger partial charge in [0.1, 0.15) is 17.2 Å². The first kappa shape index (κ1) is 11.5. The van der Waals surface area contributed by atoms with Crippen molar-refractivity contribution >= 4 is 17.3 Å². The van der Waals surface area contributed by atoms with Gasteiger partial charge in [-0.25, -0.2) is 9.78 Å². The van der Waals surface area contributed by atoms with Crippen LogP contribution in [0, 0.1) is 0 Å². The Bertz CT molecular complexity index is 393. The Kier molecular flexibility index (Phi) is 3.20. The van der Waals surface area contributed by atoms with Gasteiger partial charge < -0.3 is 20.1 Å². The van der Waals surface area contributed by atoms with Gasteiger partial charge in [0.05, 0.1) is 12.7 Å². The smallest absolute Gasteiger partial charge is 0.355 e. The molecule has 7 heteroatoms. The summed E-state index contributed by atoms with van der Waals surface area (Å²) in [6.45, 7) is -0.255. The number of hydrogen-bond acceptors (Lipinski definition) is 6. The number of rotatable bonds is 3. The van der Waals surface area contributed by atoms with Gasteiger partial charge in [-0.2, -0.15) is 0 Å². The highest BCUT2D eigenvalue weighted by Crippen LogP contribution is 2.34. The van der Waals surface area contributed by atoms with Crippen LogP contribution in [0.25, 0.3) is 0 Å². The van der Waals surface area contributed by atoms with Crippen LogP contribution >= 0.6 is 11.3 Å². The predicted molar refractivity (Wildman–Crippen MR) is 54.4 cm³/mol. The zero-order valence-electron chi connectivity index (χ0n) is 8.24. The Labute approximate surface area is 95.1 Å². The molecule has 1 aliphatic heterocycles. The van der Waals surface area contributed by atoms with Gasteiger partial charge in [0.2, 0.25) is 0 Å². The van der Waals surface area contributed by atoms with E-state index in [1.165, 1.54) is 16.7 Å². The molecule has 88 valence electrons. The van der Waals surface area contributed by atoms with Crippen LogP contribution in [0.2, 0.25) is 0 Å². The van der Waals surface area contributed by atoms with E-state index in [1.54, 1.807) is 0 Å². The van der Waals surface area contributed by atoms with Gasteiger partial charge in [-0.1, -0.05) is 0 Å². The molecule has 2 unspecified atom stereocenters. The summed E-state index contributed by atoms with van der Waals surface area (Å²) in [5.41, 5.74) is -0.0226. The number of carbonyl (C=O) groups is 1. The van der Waals surface area contributed by atoms with Crippen molar-refractivity contribution in [1.29, 1.82) is 0 Å². The zero-order chi connectivity index (χ0) is 11.7. The highest BCUT2D eigenvalue weighted by atomic mass is 32.1. The molecule has 6 nitrogen and oxygen atoms in total. The molecule has 0 saturated carbocycles. The Morgan fingerprint density at radius 1 is 1.69 bits per heavy atom. The molecule has 2 heterocycles. The number of nitrogens with zero attached hydrogens (tertiary/aromatic N) is 1. The summed E-state index contributed by atoms with van der Waals surface area (Å²) in [7, 11) is 0. The summed E-state index contributed by atoms with van der Waals surface area (Å²) < 4.78 is 5.36. The maximum atomic E-state index is 10.6. The lowest BCUT2D eigenvalue weighted by Crippen LogP contribution is -2.24. The van der Waals surface area contributed by atoms with Crippen molar-refractivity contribution in [3.8, 4) is 0 Å². The van der Waals surface area contributed by atoms with Crippen LogP contribution in [-0.4, -0.2) is 45.1 Å². The maximum Gasteiger partial charge on any atom is 0.355 e. The number of carboxylic acid groups (broad SMARTS) is 1. The standard InChI is InChI=1S/C9H11NO5S/c11-2-7-5(12)1-6(15-7)8-10-4(3-16-8)9(13)14/h3,5-7,11-12H,1-2H2,(H,13,14)/t5?,6?,7-/m1/s1. The Hall–Kier alpha value is -1.02. The van der Waals surface area contributed by atoms with Crippen molar-refractivity contribution in [2.75, 3.05) is 6.61 Å². The number of carboxylic acids is 1. The van der Waals surface area contributed by atoms with Crippen LogP contribution in [0.3, 0.4) is 0 Å². The molecule has 0 aliphatic carbocycles. The third-order valence-corrected chi connectivity index (χ3v) is 3.36. The second-order valence-corrected chi connectivity index (χ2v) is 4.41. The molecule has 1 aliphatic rings. The summed E-state index contributed by atoms with van der Waals surface area (Å²) in [5, 5.41) is 29.1. The molecule has 1 fully saturated rings. The van der Waals surface area contributed by atoms with Crippen molar-refractivity contribution in [2.24, 2.45) is 0 Å². The van der Waals surface area contributed by atoms with E-state index in [0.29, 0.717) is 11.4 Å². The molecular formula is C9H11NO5S. The SMILES string of the molecule is O=C(O)c1csc(C2CC(O)[C@@H](CO)O2)n1. The number of aromatic nitrogens is 1. The van der Waals surface area contributed by atoms with Gasteiger partial charge in [0.25, 0.3) is 0 Å². The minimum Gasteiger partial charge on any atom is -0.476 e. The number of aliphatic hydroxyl groups excluding tert-OH is 2. The molecule has 3 atom stereocenters. The molecule has 16 heavy (non-hydrogen) atoms. The Morgan fingerprint density at radius 2 is 2.44 bits per heavy atom. The fourth-order valence-electron chi connectivity index (χ4n) is 1.59. The molecule has 3 N–H and O–H groups in total. The van der Waals surface area contributed by atoms with E-state index in [1.807, 2.05) is 0 Å². The normalized spacial score (nSPS) is 29.5. The quantitative estimate of drug-likeness (QED) is 0.694. The lowest BCUT2D eigenvalue weighted by molar-refractivity contribution is -0.0226. The van der Waals surface area contributed by atoms with E-state index in [9.17, 15) is 9.90 Å². The van der Waals surface area contributed by atoms with Gasteiger partial charge in [0, 0.05) is 11.8 Å². The number of hydrogen-bond donors (Lipinski definition) is 3. The van der Waals surface area contributed by atoms with Crippen molar-refractivity contribution < 1.29 is 24.9 Å². The minimum atomic E-state index is -1.08. The highest BCUT2D eigenvalue weighted by molar-refractivity contribution is 7.09. The van der Waals surface area contributed by atoms with Crippen molar-refractivity contribution in [3.05, 3.63) is 16.1 Å². The molecule has 1 saturated heterocycles. The monoisotopic (exact) mass is 245 g/mol. The van der Waals surface area contributed by atoms with E-state index in [0.717, 1.165) is 0 Å². The second-order valence-electron chi connectivity index (χ2n) is 3.52. The first-order valence-corrected chi connectivity index (χ1v) is 5.63. The average molecular weight is 245 g/mol. The number of aliphatic hydroxyl groups is 2. The van der Waals surface area contributed by atoms with Crippen molar-refractivity contribution in [2.45, 2.75) is 24.7 Å². The van der Waals surface area contributed by atoms with Gasteiger partial charge in [-0.15, -0.1) is 11.3 Å². The summed E-state index contributed by atoms with van der Waals surface area (Å²) in [6, 6.07) is 0. The number of aromatic carboxylic acids is 1. The lowest BCUT2D eigenvalue weighted by atomic mass is 10.1.